The Morgan fingerprint density at radius 3 is 1.93 bits per heavy atom. The van der Waals surface area contributed by atoms with E-state index < -0.39 is 0 Å². The maximum atomic E-state index is 8.94. The molecule has 0 amide bonds. The molecule has 0 heterocycles. The molecule has 0 spiro atoms. The smallest absolute Gasteiger partial charge is 0.0607 e. The van der Waals surface area contributed by atoms with Crippen molar-refractivity contribution in [2.75, 3.05) is 13.2 Å². The summed E-state index contributed by atoms with van der Waals surface area (Å²) in [5.74, 6) is 0.700. The molecular weight excluding hydrogens is 178 g/mol. The van der Waals surface area contributed by atoms with Crippen LogP contribution in [0, 0.1) is 5.92 Å². The molecule has 0 bridgehead atoms. The Bertz CT molecular complexity index is 126. The summed E-state index contributed by atoms with van der Waals surface area (Å²) in [5.41, 5.74) is 0. The zero-order valence-corrected chi connectivity index (χ0v) is 9.66. The van der Waals surface area contributed by atoms with E-state index in [1.807, 2.05) is 0 Å². The van der Waals surface area contributed by atoms with Gasteiger partial charge in [0.05, 0.1) is 19.3 Å². The number of aliphatic hydroxyl groups excluding tert-OH is 2. The highest BCUT2D eigenvalue weighted by atomic mass is 16.3. The summed E-state index contributed by atoms with van der Waals surface area (Å²) in [6.07, 6.45) is 3.34. The van der Waals surface area contributed by atoms with Gasteiger partial charge in [-0.1, -0.05) is 27.2 Å². The van der Waals surface area contributed by atoms with Crippen LogP contribution < -0.4 is 5.32 Å². The molecule has 0 aromatic heterocycles. The first kappa shape index (κ1) is 13.9. The van der Waals surface area contributed by atoms with Crippen molar-refractivity contribution in [1.82, 2.24) is 5.32 Å². The molecule has 0 aliphatic rings. The van der Waals surface area contributed by atoms with Crippen molar-refractivity contribution in [1.29, 1.82) is 0 Å². The number of rotatable bonds is 8. The molecule has 0 saturated carbocycles. The lowest BCUT2D eigenvalue weighted by Crippen LogP contribution is -2.43. The van der Waals surface area contributed by atoms with Gasteiger partial charge >= 0.3 is 0 Å². The summed E-state index contributed by atoms with van der Waals surface area (Å²) < 4.78 is 0. The molecule has 14 heavy (non-hydrogen) atoms. The van der Waals surface area contributed by atoms with Crippen molar-refractivity contribution in [3.63, 3.8) is 0 Å². The molecule has 2 atom stereocenters. The van der Waals surface area contributed by atoms with E-state index in [4.69, 9.17) is 10.2 Å². The summed E-state index contributed by atoms with van der Waals surface area (Å²) in [5, 5.41) is 21.1. The molecule has 0 aliphatic carbocycles. The topological polar surface area (TPSA) is 52.5 Å². The van der Waals surface area contributed by atoms with Crippen LogP contribution in [0.5, 0.6) is 0 Å². The summed E-state index contributed by atoms with van der Waals surface area (Å²) >= 11 is 0. The van der Waals surface area contributed by atoms with Gasteiger partial charge in [0.15, 0.2) is 0 Å². The highest BCUT2D eigenvalue weighted by molar-refractivity contribution is 4.73. The van der Waals surface area contributed by atoms with Crippen molar-refractivity contribution < 1.29 is 10.2 Å². The molecule has 0 rings (SSSR count). The summed E-state index contributed by atoms with van der Waals surface area (Å²) in [7, 11) is 0. The number of hydrogen-bond donors (Lipinski definition) is 3. The Kier molecular flexibility index (Phi) is 8.14. The molecule has 0 radical (unpaired) electrons. The monoisotopic (exact) mass is 203 g/mol. The second-order valence-corrected chi connectivity index (χ2v) is 4.08. The standard InChI is InChI=1S/C11H25NO2/c1-4-9(3)6-10(5-2)12-11(7-13)8-14/h9-14H,4-8H2,1-3H3/t9-,10+/m0/s1. The highest BCUT2D eigenvalue weighted by Gasteiger charge is 2.14. The van der Waals surface area contributed by atoms with E-state index in [0.29, 0.717) is 12.0 Å². The third-order valence-corrected chi connectivity index (χ3v) is 2.79. The second kappa shape index (κ2) is 8.21. The fourth-order valence-corrected chi connectivity index (χ4v) is 1.50. The van der Waals surface area contributed by atoms with Gasteiger partial charge in [-0.05, 0) is 18.8 Å². The first-order chi connectivity index (χ1) is 6.67. The molecule has 86 valence electrons. The largest absolute Gasteiger partial charge is 0.395 e. The van der Waals surface area contributed by atoms with E-state index in [1.165, 1.54) is 6.42 Å². The maximum absolute atomic E-state index is 8.94. The Hall–Kier alpha value is -0.120. The zero-order valence-electron chi connectivity index (χ0n) is 9.66. The van der Waals surface area contributed by atoms with E-state index in [2.05, 4.69) is 26.1 Å². The van der Waals surface area contributed by atoms with Crippen LogP contribution in [0.25, 0.3) is 0 Å². The van der Waals surface area contributed by atoms with Crippen molar-refractivity contribution in [3.05, 3.63) is 0 Å². The van der Waals surface area contributed by atoms with Crippen molar-refractivity contribution in [3.8, 4) is 0 Å². The lowest BCUT2D eigenvalue weighted by molar-refractivity contribution is 0.156. The Labute approximate surface area is 87.5 Å². The quantitative estimate of drug-likeness (QED) is 0.554. The van der Waals surface area contributed by atoms with Gasteiger partial charge in [0.25, 0.3) is 0 Å². The van der Waals surface area contributed by atoms with Gasteiger partial charge in [0.1, 0.15) is 0 Å². The first-order valence-electron chi connectivity index (χ1n) is 5.65. The van der Waals surface area contributed by atoms with Crippen LogP contribution in [0.2, 0.25) is 0 Å². The highest BCUT2D eigenvalue weighted by Crippen LogP contribution is 2.12. The van der Waals surface area contributed by atoms with Gasteiger partial charge in [-0.2, -0.15) is 0 Å². The van der Waals surface area contributed by atoms with Gasteiger partial charge in [-0.3, -0.25) is 0 Å². The average Bonchev–Trinajstić information content (AvgIpc) is 2.23. The molecule has 0 aromatic rings. The van der Waals surface area contributed by atoms with E-state index >= 15 is 0 Å². The lowest BCUT2D eigenvalue weighted by atomic mass is 9.97. The predicted molar refractivity (Wildman–Crippen MR) is 59.2 cm³/mol. The third kappa shape index (κ3) is 5.58. The number of hydrogen-bond acceptors (Lipinski definition) is 3. The van der Waals surface area contributed by atoms with Gasteiger partial charge in [0.2, 0.25) is 0 Å². The second-order valence-electron chi connectivity index (χ2n) is 4.08. The maximum Gasteiger partial charge on any atom is 0.0607 e. The van der Waals surface area contributed by atoms with Crippen molar-refractivity contribution in [2.24, 2.45) is 5.92 Å². The van der Waals surface area contributed by atoms with Crippen LogP contribution in [0.1, 0.15) is 40.0 Å². The minimum atomic E-state index is -0.163. The molecule has 3 N–H and O–H groups in total. The van der Waals surface area contributed by atoms with Crippen LogP contribution >= 0.6 is 0 Å². The predicted octanol–water partition coefficient (Wildman–Crippen LogP) is 1.14. The van der Waals surface area contributed by atoms with E-state index in [9.17, 15) is 0 Å². The van der Waals surface area contributed by atoms with Crippen LogP contribution in [-0.2, 0) is 0 Å². The van der Waals surface area contributed by atoms with E-state index in [1.54, 1.807) is 0 Å². The van der Waals surface area contributed by atoms with Crippen LogP contribution in [0.15, 0.2) is 0 Å². The minimum Gasteiger partial charge on any atom is -0.395 e. The van der Waals surface area contributed by atoms with Gasteiger partial charge < -0.3 is 15.5 Å². The Morgan fingerprint density at radius 2 is 1.57 bits per heavy atom. The molecule has 3 heteroatoms. The summed E-state index contributed by atoms with van der Waals surface area (Å²) in [6, 6.07) is 0.248. The molecule has 0 unspecified atom stereocenters. The van der Waals surface area contributed by atoms with Crippen LogP contribution in [0.4, 0.5) is 0 Å². The molecule has 3 nitrogen and oxygen atoms in total. The van der Waals surface area contributed by atoms with E-state index in [-0.39, 0.29) is 19.3 Å². The van der Waals surface area contributed by atoms with Crippen LogP contribution in [0.3, 0.4) is 0 Å². The summed E-state index contributed by atoms with van der Waals surface area (Å²) in [4.78, 5) is 0. The number of aliphatic hydroxyl groups is 2. The minimum absolute atomic E-state index is 0.00745. The average molecular weight is 203 g/mol. The molecule has 0 saturated heterocycles. The van der Waals surface area contributed by atoms with Gasteiger partial charge in [0, 0.05) is 6.04 Å². The van der Waals surface area contributed by atoms with Crippen molar-refractivity contribution >= 4 is 0 Å². The molecule has 0 aromatic carbocycles. The normalized spacial score (nSPS) is 15.9. The van der Waals surface area contributed by atoms with Crippen LogP contribution in [-0.4, -0.2) is 35.5 Å². The van der Waals surface area contributed by atoms with Crippen molar-refractivity contribution in [2.45, 2.75) is 52.1 Å². The first-order valence-corrected chi connectivity index (χ1v) is 5.65. The molecule has 0 aliphatic heterocycles. The fraction of sp³-hybridized carbons (Fsp3) is 1.00. The van der Waals surface area contributed by atoms with E-state index in [0.717, 1.165) is 12.8 Å². The Morgan fingerprint density at radius 1 is 1.00 bits per heavy atom. The lowest BCUT2D eigenvalue weighted by Gasteiger charge is -2.24. The SMILES string of the molecule is CC[C@H](C)C[C@@H](CC)NC(CO)CO. The van der Waals surface area contributed by atoms with Gasteiger partial charge in [-0.25, -0.2) is 0 Å². The third-order valence-electron chi connectivity index (χ3n) is 2.79. The molecular formula is C11H25NO2. The Balaban J connectivity index is 3.88. The van der Waals surface area contributed by atoms with Gasteiger partial charge in [-0.15, -0.1) is 0 Å². The number of nitrogens with one attached hydrogen (secondary N) is 1. The zero-order chi connectivity index (χ0) is 11.0. The fourth-order valence-electron chi connectivity index (χ4n) is 1.50. The summed E-state index contributed by atoms with van der Waals surface area (Å²) in [6.45, 7) is 6.57. The molecule has 0 fully saturated rings.